The van der Waals surface area contributed by atoms with E-state index in [2.05, 4.69) is 4.98 Å². The number of H-pyrrole nitrogens is 1. The van der Waals surface area contributed by atoms with E-state index >= 15 is 0 Å². The van der Waals surface area contributed by atoms with Gasteiger partial charge < -0.3 is 25.0 Å². The van der Waals surface area contributed by atoms with Crippen LogP contribution in [0.4, 0.5) is 0 Å². The minimum absolute atomic E-state index is 0.387. The second-order valence-corrected chi connectivity index (χ2v) is 4.93. The van der Waals surface area contributed by atoms with Gasteiger partial charge in [0.05, 0.1) is 11.6 Å². The van der Waals surface area contributed by atoms with Gasteiger partial charge in [0.2, 0.25) is 0 Å². The van der Waals surface area contributed by atoms with Gasteiger partial charge in [-0.3, -0.25) is 4.79 Å². The molecule has 0 spiro atoms. The summed E-state index contributed by atoms with van der Waals surface area (Å²) in [5.74, 6) is 0. The topological polar surface area (TPSA) is 125 Å². The van der Waals surface area contributed by atoms with Gasteiger partial charge >= 0.3 is 5.69 Å². The molecule has 0 bridgehead atoms. The molecule has 0 radical (unpaired) electrons. The van der Waals surface area contributed by atoms with Gasteiger partial charge in [-0.15, -0.1) is 11.8 Å². The summed E-state index contributed by atoms with van der Waals surface area (Å²) < 4.78 is 5.83. The van der Waals surface area contributed by atoms with Crippen LogP contribution in [0.25, 0.3) is 0 Å². The van der Waals surface area contributed by atoms with Crippen LogP contribution in [0.2, 0.25) is 0 Å². The van der Waals surface area contributed by atoms with Crippen molar-refractivity contribution >= 4 is 11.8 Å². The predicted molar refractivity (Wildman–Crippen MR) is 66.1 cm³/mol. The van der Waals surface area contributed by atoms with Crippen molar-refractivity contribution in [1.29, 1.82) is 0 Å². The molecule has 2 heterocycles. The average Bonchev–Trinajstić information content (AvgIpc) is 2.66. The first-order chi connectivity index (χ1) is 8.99. The molecule has 0 aromatic carbocycles. The summed E-state index contributed by atoms with van der Waals surface area (Å²) in [6.45, 7) is -0.524. The summed E-state index contributed by atoms with van der Waals surface area (Å²) in [5, 5.41) is 28.7. The molecule has 9 heteroatoms. The molecule has 1 fully saturated rings. The molecule has 1 aliphatic rings. The molecule has 0 amide bonds. The lowest BCUT2D eigenvalue weighted by molar-refractivity contribution is -0.0566. The molecule has 1 saturated heterocycles. The average molecular weight is 290 g/mol. The Kier molecular flexibility index (Phi) is 4.11. The normalized spacial score (nSPS) is 30.7. The predicted octanol–water partition coefficient (Wildman–Crippen LogP) is -2.13. The third-order valence-corrected chi connectivity index (χ3v) is 3.59. The van der Waals surface area contributed by atoms with Crippen molar-refractivity contribution in [2.24, 2.45) is 0 Å². The fourth-order valence-electron chi connectivity index (χ4n) is 1.93. The summed E-state index contributed by atoms with van der Waals surface area (Å²) in [7, 11) is 0. The van der Waals surface area contributed by atoms with Crippen LogP contribution >= 0.6 is 11.8 Å². The molecule has 4 atom stereocenters. The zero-order valence-electron chi connectivity index (χ0n) is 10.0. The summed E-state index contributed by atoms with van der Waals surface area (Å²) in [5.41, 5.74) is -1.39. The van der Waals surface area contributed by atoms with Gasteiger partial charge in [-0.25, -0.2) is 9.36 Å². The van der Waals surface area contributed by atoms with Crippen LogP contribution in [0.3, 0.4) is 0 Å². The highest BCUT2D eigenvalue weighted by Gasteiger charge is 2.44. The Labute approximate surface area is 111 Å². The molecule has 2 rings (SSSR count). The van der Waals surface area contributed by atoms with Crippen molar-refractivity contribution < 1.29 is 20.1 Å². The van der Waals surface area contributed by atoms with Gasteiger partial charge in [0.15, 0.2) is 6.23 Å². The van der Waals surface area contributed by atoms with Crippen LogP contribution < -0.4 is 11.2 Å². The smallest absolute Gasteiger partial charge is 0.331 e. The second kappa shape index (κ2) is 5.47. The number of aliphatic hydroxyl groups excluding tert-OH is 3. The van der Waals surface area contributed by atoms with Crippen LogP contribution in [0.1, 0.15) is 6.23 Å². The Morgan fingerprint density at radius 3 is 2.58 bits per heavy atom. The number of hydrogen-bond acceptors (Lipinski definition) is 7. The molecule has 4 N–H and O–H groups in total. The number of thioether (sulfide) groups is 1. The van der Waals surface area contributed by atoms with E-state index in [-0.39, 0.29) is 0 Å². The molecule has 1 aliphatic heterocycles. The van der Waals surface area contributed by atoms with Crippen molar-refractivity contribution in [3.8, 4) is 0 Å². The first-order valence-electron chi connectivity index (χ1n) is 5.52. The first-order valence-corrected chi connectivity index (χ1v) is 6.74. The van der Waals surface area contributed by atoms with Crippen LogP contribution in [0, 0.1) is 0 Å². The van der Waals surface area contributed by atoms with E-state index in [9.17, 15) is 19.8 Å². The highest BCUT2D eigenvalue weighted by Crippen LogP contribution is 2.27. The summed E-state index contributed by atoms with van der Waals surface area (Å²) in [4.78, 5) is 26.1. The number of ether oxygens (including phenoxy) is 1. The van der Waals surface area contributed by atoms with Gasteiger partial charge in [0, 0.05) is 6.07 Å². The maximum absolute atomic E-state index is 11.8. The number of hydrogen-bond donors (Lipinski definition) is 4. The quantitative estimate of drug-likeness (QED) is 0.370. The van der Waals surface area contributed by atoms with E-state index in [1.807, 2.05) is 0 Å². The van der Waals surface area contributed by atoms with Gasteiger partial charge in [0.1, 0.15) is 18.3 Å². The number of aromatic nitrogens is 2. The molecule has 1 aromatic rings. The lowest BCUT2D eigenvalue weighted by Gasteiger charge is -2.16. The van der Waals surface area contributed by atoms with Gasteiger partial charge in [-0.05, 0) is 6.26 Å². The fourth-order valence-corrected chi connectivity index (χ4v) is 2.34. The Bertz CT molecular complexity index is 539. The molecule has 8 nitrogen and oxygen atoms in total. The second-order valence-electron chi connectivity index (χ2n) is 4.08. The molecule has 1 aromatic heterocycles. The lowest BCUT2D eigenvalue weighted by Crippen LogP contribution is -2.42. The van der Waals surface area contributed by atoms with Crippen molar-refractivity contribution in [3.05, 3.63) is 26.9 Å². The maximum atomic E-state index is 11.8. The van der Waals surface area contributed by atoms with Crippen LogP contribution in [-0.4, -0.2) is 56.0 Å². The van der Waals surface area contributed by atoms with Gasteiger partial charge in [-0.2, -0.15) is 0 Å². The first kappa shape index (κ1) is 14.3. The van der Waals surface area contributed by atoms with Crippen molar-refractivity contribution in [2.45, 2.75) is 29.6 Å². The van der Waals surface area contributed by atoms with E-state index in [4.69, 9.17) is 9.84 Å². The molecular weight excluding hydrogens is 276 g/mol. The van der Waals surface area contributed by atoms with E-state index in [0.29, 0.717) is 9.59 Å². The standard InChI is InChI=1S/C10H14N2O6S/c1-19-5-2-6(14)12(10(17)11-5)9-8(16)7(15)4(3-13)18-9/h2,4,7-9,13,15-16H,3H2,1H3,(H,11,17). The summed E-state index contributed by atoms with van der Waals surface area (Å²) in [6, 6.07) is 1.20. The van der Waals surface area contributed by atoms with Crippen LogP contribution in [-0.2, 0) is 4.74 Å². The number of nitrogens with one attached hydrogen (secondary N) is 1. The number of aromatic amines is 1. The Balaban J connectivity index is 2.44. The fraction of sp³-hybridized carbons (Fsp3) is 0.600. The monoisotopic (exact) mass is 290 g/mol. The molecular formula is C10H14N2O6S. The SMILES string of the molecule is CSc1cc(=O)n(C2OC(CO)C(O)C2O)c(=O)[nH]1. The van der Waals surface area contributed by atoms with E-state index in [1.165, 1.54) is 17.8 Å². The minimum Gasteiger partial charge on any atom is -0.394 e. The third-order valence-electron chi connectivity index (χ3n) is 2.93. The van der Waals surface area contributed by atoms with E-state index in [1.54, 1.807) is 6.26 Å². The molecule has 0 aliphatic carbocycles. The molecule has 19 heavy (non-hydrogen) atoms. The van der Waals surface area contributed by atoms with Gasteiger partial charge in [-0.1, -0.05) is 0 Å². The number of aliphatic hydroxyl groups is 3. The third kappa shape index (κ3) is 2.47. The number of rotatable bonds is 3. The Hall–Kier alpha value is -1.13. The van der Waals surface area contributed by atoms with Crippen LogP contribution in [0.15, 0.2) is 20.7 Å². The van der Waals surface area contributed by atoms with Crippen molar-refractivity contribution in [1.82, 2.24) is 9.55 Å². The molecule has 0 saturated carbocycles. The highest BCUT2D eigenvalue weighted by atomic mass is 32.2. The zero-order chi connectivity index (χ0) is 14.2. The van der Waals surface area contributed by atoms with Crippen molar-refractivity contribution in [3.63, 3.8) is 0 Å². The van der Waals surface area contributed by atoms with E-state index in [0.717, 1.165) is 0 Å². The summed E-state index contributed by atoms with van der Waals surface area (Å²) >= 11 is 1.19. The Morgan fingerprint density at radius 2 is 2.11 bits per heavy atom. The Morgan fingerprint density at radius 1 is 1.42 bits per heavy atom. The number of nitrogens with zero attached hydrogens (tertiary/aromatic N) is 1. The summed E-state index contributed by atoms with van der Waals surface area (Å²) in [6.07, 6.45) is -3.48. The largest absolute Gasteiger partial charge is 0.394 e. The van der Waals surface area contributed by atoms with Gasteiger partial charge in [0.25, 0.3) is 5.56 Å². The maximum Gasteiger partial charge on any atom is 0.331 e. The molecule has 106 valence electrons. The lowest BCUT2D eigenvalue weighted by atomic mass is 10.1. The minimum atomic E-state index is -1.46. The van der Waals surface area contributed by atoms with E-state index < -0.39 is 42.4 Å². The highest BCUT2D eigenvalue weighted by molar-refractivity contribution is 7.98. The van der Waals surface area contributed by atoms with Crippen molar-refractivity contribution in [2.75, 3.05) is 12.9 Å². The molecule has 4 unspecified atom stereocenters. The van der Waals surface area contributed by atoms with Crippen LogP contribution in [0.5, 0.6) is 0 Å². The zero-order valence-corrected chi connectivity index (χ0v) is 10.8.